The van der Waals surface area contributed by atoms with E-state index in [0.717, 1.165) is 6.42 Å². The molecule has 0 saturated heterocycles. The number of carbonyl (C=O) groups is 1. The van der Waals surface area contributed by atoms with Gasteiger partial charge in [-0.25, -0.2) is 0 Å². The fraction of sp³-hybridized carbons (Fsp3) is 0.900. The van der Waals surface area contributed by atoms with Gasteiger partial charge in [-0.1, -0.05) is 34.6 Å². The van der Waals surface area contributed by atoms with Crippen molar-refractivity contribution in [2.75, 3.05) is 0 Å². The van der Waals surface area contributed by atoms with Gasteiger partial charge in [0.25, 0.3) is 0 Å². The number of ketones is 1. The number of Topliss-reactive ketones (excluding diaryl/α,β-unsaturated/α-hetero) is 1. The van der Waals surface area contributed by atoms with E-state index in [2.05, 4.69) is 19.2 Å². The van der Waals surface area contributed by atoms with Crippen LogP contribution in [0.1, 0.15) is 41.0 Å². The van der Waals surface area contributed by atoms with Gasteiger partial charge in [0.1, 0.15) is 0 Å². The van der Waals surface area contributed by atoms with Crippen molar-refractivity contribution in [2.45, 2.75) is 53.1 Å². The van der Waals surface area contributed by atoms with E-state index in [-0.39, 0.29) is 12.0 Å². The maximum absolute atomic E-state index is 11.5. The van der Waals surface area contributed by atoms with Crippen LogP contribution in [0.4, 0.5) is 0 Å². The summed E-state index contributed by atoms with van der Waals surface area (Å²) in [5.74, 6) is 0.465. The van der Waals surface area contributed by atoms with E-state index in [0.29, 0.717) is 11.8 Å². The molecule has 0 aliphatic rings. The molecule has 0 unspecified atom stereocenters. The Labute approximate surface area is 75.7 Å². The van der Waals surface area contributed by atoms with Gasteiger partial charge in [-0.15, -0.1) is 0 Å². The third-order valence-electron chi connectivity index (χ3n) is 1.86. The van der Waals surface area contributed by atoms with E-state index in [1.54, 1.807) is 0 Å². The van der Waals surface area contributed by atoms with Gasteiger partial charge in [-0.05, 0) is 6.42 Å². The second-order valence-corrected chi connectivity index (χ2v) is 3.84. The average molecular weight is 171 g/mol. The molecule has 1 N–H and O–H groups in total. The van der Waals surface area contributed by atoms with Crippen LogP contribution in [0.25, 0.3) is 0 Å². The summed E-state index contributed by atoms with van der Waals surface area (Å²) in [4.78, 5) is 11.5. The molecule has 2 nitrogen and oxygen atoms in total. The molecule has 72 valence electrons. The number of nitrogens with one attached hydrogen (secondary N) is 1. The fourth-order valence-corrected chi connectivity index (χ4v) is 1.21. The molecule has 0 aromatic carbocycles. The van der Waals surface area contributed by atoms with Crippen molar-refractivity contribution in [3.8, 4) is 0 Å². The van der Waals surface area contributed by atoms with Crippen LogP contribution >= 0.6 is 0 Å². The second kappa shape index (κ2) is 5.31. The summed E-state index contributed by atoms with van der Waals surface area (Å²) < 4.78 is 0. The lowest BCUT2D eigenvalue weighted by Gasteiger charge is -2.20. The smallest absolute Gasteiger partial charge is 0.152 e. The van der Waals surface area contributed by atoms with Crippen LogP contribution in [0.5, 0.6) is 0 Å². The minimum atomic E-state index is 0.0463. The standard InChI is InChI=1S/C10H21NO/c1-6-9(11-8(4)5)10(12)7(2)3/h7-9,11H,6H2,1-5H3/t9-/m0/s1. The first-order chi connectivity index (χ1) is 5.49. The Morgan fingerprint density at radius 1 is 1.25 bits per heavy atom. The summed E-state index contributed by atoms with van der Waals surface area (Å²) in [7, 11) is 0. The number of rotatable bonds is 5. The van der Waals surface area contributed by atoms with Crippen LogP contribution in [-0.4, -0.2) is 17.9 Å². The lowest BCUT2D eigenvalue weighted by Crippen LogP contribution is -2.42. The summed E-state index contributed by atoms with van der Waals surface area (Å²) in [6, 6.07) is 0.433. The van der Waals surface area contributed by atoms with Crippen molar-refractivity contribution in [1.82, 2.24) is 5.32 Å². The molecule has 0 amide bonds. The van der Waals surface area contributed by atoms with Gasteiger partial charge in [0, 0.05) is 12.0 Å². The van der Waals surface area contributed by atoms with Crippen LogP contribution in [0.15, 0.2) is 0 Å². The molecule has 0 aliphatic carbocycles. The summed E-state index contributed by atoms with van der Waals surface area (Å²) in [6.07, 6.45) is 0.884. The highest BCUT2D eigenvalue weighted by molar-refractivity contribution is 5.85. The Hall–Kier alpha value is -0.370. The molecule has 0 aliphatic heterocycles. The Kier molecular flexibility index (Phi) is 5.14. The highest BCUT2D eigenvalue weighted by Gasteiger charge is 2.19. The van der Waals surface area contributed by atoms with E-state index < -0.39 is 0 Å². The van der Waals surface area contributed by atoms with Crippen LogP contribution in [-0.2, 0) is 4.79 Å². The van der Waals surface area contributed by atoms with E-state index in [1.165, 1.54) is 0 Å². The topological polar surface area (TPSA) is 29.1 Å². The minimum Gasteiger partial charge on any atom is -0.305 e. The van der Waals surface area contributed by atoms with E-state index in [1.807, 2.05) is 20.8 Å². The molecule has 0 rings (SSSR count). The van der Waals surface area contributed by atoms with Crippen LogP contribution < -0.4 is 5.32 Å². The summed E-state index contributed by atoms with van der Waals surface area (Å²) in [6.45, 7) is 10.1. The quantitative estimate of drug-likeness (QED) is 0.685. The molecule has 0 bridgehead atoms. The molecule has 0 radical (unpaired) electrons. The first-order valence-electron chi connectivity index (χ1n) is 4.78. The fourth-order valence-electron chi connectivity index (χ4n) is 1.21. The maximum Gasteiger partial charge on any atom is 0.152 e. The van der Waals surface area contributed by atoms with Gasteiger partial charge in [0.15, 0.2) is 5.78 Å². The SMILES string of the molecule is CC[C@H](NC(C)C)C(=O)C(C)C. The molecule has 2 heteroatoms. The van der Waals surface area contributed by atoms with Crippen molar-refractivity contribution in [3.05, 3.63) is 0 Å². The van der Waals surface area contributed by atoms with E-state index >= 15 is 0 Å². The number of hydrogen-bond donors (Lipinski definition) is 1. The molecule has 1 atom stereocenters. The lowest BCUT2D eigenvalue weighted by atomic mass is 9.99. The zero-order chi connectivity index (χ0) is 9.72. The van der Waals surface area contributed by atoms with Crippen molar-refractivity contribution < 1.29 is 4.79 Å². The molecule has 0 saturated carbocycles. The monoisotopic (exact) mass is 171 g/mol. The second-order valence-electron chi connectivity index (χ2n) is 3.84. The maximum atomic E-state index is 11.5. The Balaban J connectivity index is 4.06. The first-order valence-corrected chi connectivity index (χ1v) is 4.78. The largest absolute Gasteiger partial charge is 0.305 e. The third kappa shape index (κ3) is 3.86. The zero-order valence-electron chi connectivity index (χ0n) is 8.85. The van der Waals surface area contributed by atoms with Crippen LogP contribution in [0, 0.1) is 5.92 Å². The predicted octanol–water partition coefficient (Wildman–Crippen LogP) is 1.99. The highest BCUT2D eigenvalue weighted by Crippen LogP contribution is 2.03. The summed E-state index contributed by atoms with van der Waals surface area (Å²) in [5, 5.41) is 3.26. The van der Waals surface area contributed by atoms with Crippen molar-refractivity contribution in [2.24, 2.45) is 5.92 Å². The van der Waals surface area contributed by atoms with Crippen molar-refractivity contribution >= 4 is 5.78 Å². The minimum absolute atomic E-state index is 0.0463. The molecule has 0 spiro atoms. The predicted molar refractivity (Wildman–Crippen MR) is 52.2 cm³/mol. The molecule has 0 aromatic heterocycles. The Morgan fingerprint density at radius 3 is 2.00 bits per heavy atom. The zero-order valence-corrected chi connectivity index (χ0v) is 8.85. The van der Waals surface area contributed by atoms with Gasteiger partial charge in [-0.2, -0.15) is 0 Å². The molecular formula is C10H21NO. The van der Waals surface area contributed by atoms with E-state index in [9.17, 15) is 4.79 Å². The molecule has 0 heterocycles. The Morgan fingerprint density at radius 2 is 1.75 bits per heavy atom. The van der Waals surface area contributed by atoms with Crippen LogP contribution in [0.2, 0.25) is 0 Å². The Bertz CT molecular complexity index is 141. The van der Waals surface area contributed by atoms with Gasteiger partial charge in [-0.3, -0.25) is 4.79 Å². The van der Waals surface area contributed by atoms with E-state index in [4.69, 9.17) is 0 Å². The van der Waals surface area contributed by atoms with Gasteiger partial charge >= 0.3 is 0 Å². The molecule has 0 aromatic rings. The molecular weight excluding hydrogens is 150 g/mol. The van der Waals surface area contributed by atoms with Crippen molar-refractivity contribution in [1.29, 1.82) is 0 Å². The van der Waals surface area contributed by atoms with Gasteiger partial charge in [0.05, 0.1) is 6.04 Å². The van der Waals surface area contributed by atoms with Gasteiger partial charge < -0.3 is 5.32 Å². The number of hydrogen-bond acceptors (Lipinski definition) is 2. The molecule has 12 heavy (non-hydrogen) atoms. The summed E-state index contributed by atoms with van der Waals surface area (Å²) >= 11 is 0. The van der Waals surface area contributed by atoms with Gasteiger partial charge in [0.2, 0.25) is 0 Å². The normalized spacial score (nSPS) is 13.9. The first kappa shape index (κ1) is 11.6. The van der Waals surface area contributed by atoms with Crippen LogP contribution in [0.3, 0.4) is 0 Å². The average Bonchev–Trinajstić information content (AvgIpc) is 1.98. The third-order valence-corrected chi connectivity index (χ3v) is 1.86. The van der Waals surface area contributed by atoms with Crippen molar-refractivity contribution in [3.63, 3.8) is 0 Å². The molecule has 0 fully saturated rings. The lowest BCUT2D eigenvalue weighted by molar-refractivity contribution is -0.124. The number of carbonyl (C=O) groups excluding carboxylic acids is 1. The summed E-state index contributed by atoms with van der Waals surface area (Å²) in [5.41, 5.74) is 0. The highest BCUT2D eigenvalue weighted by atomic mass is 16.1.